The van der Waals surface area contributed by atoms with Gasteiger partial charge in [0.15, 0.2) is 5.69 Å². The summed E-state index contributed by atoms with van der Waals surface area (Å²) in [4.78, 5) is 28.6. The maximum atomic E-state index is 12.7. The summed E-state index contributed by atoms with van der Waals surface area (Å²) in [7, 11) is 0. The molecule has 0 spiro atoms. The lowest BCUT2D eigenvalue weighted by atomic mass is 10.1. The number of ether oxygens (including phenoxy) is 2. The topological polar surface area (TPSA) is 65.5 Å². The van der Waals surface area contributed by atoms with Crippen LogP contribution in [-0.4, -0.2) is 23.3 Å². The highest BCUT2D eigenvalue weighted by Gasteiger charge is 2.15. The molecule has 0 unspecified atom stereocenters. The van der Waals surface area contributed by atoms with Gasteiger partial charge in [0, 0.05) is 15.9 Å². The van der Waals surface area contributed by atoms with Crippen LogP contribution in [0.4, 0.5) is 0 Å². The van der Waals surface area contributed by atoms with Gasteiger partial charge in [-0.1, -0.05) is 52.3 Å². The van der Waals surface area contributed by atoms with Crippen molar-refractivity contribution >= 4 is 38.6 Å². The third-order valence-electron chi connectivity index (χ3n) is 3.87. The molecule has 0 saturated carbocycles. The lowest BCUT2D eigenvalue weighted by Crippen LogP contribution is -2.07. The Morgan fingerprint density at radius 3 is 2.61 bits per heavy atom. The maximum Gasteiger partial charge on any atom is 0.330 e. The first kappa shape index (κ1) is 19.8. The van der Waals surface area contributed by atoms with Crippen LogP contribution in [0.3, 0.4) is 0 Å². The van der Waals surface area contributed by atoms with E-state index in [0.29, 0.717) is 17.9 Å². The average molecular weight is 440 g/mol. The summed E-state index contributed by atoms with van der Waals surface area (Å²) in [6.45, 7) is 2.24. The normalized spacial score (nSPS) is 10.9. The van der Waals surface area contributed by atoms with Crippen molar-refractivity contribution in [3.05, 3.63) is 82.5 Å². The average Bonchev–Trinajstić information content (AvgIpc) is 2.71. The lowest BCUT2D eigenvalue weighted by molar-refractivity contribution is -0.137. The summed E-state index contributed by atoms with van der Waals surface area (Å²) in [5.41, 5.74) is 1.76. The lowest BCUT2D eigenvalue weighted by Gasteiger charge is -2.11. The molecule has 0 N–H and O–H groups in total. The molecule has 2 aromatic carbocycles. The quantitative estimate of drug-likeness (QED) is 0.298. The first-order valence-electron chi connectivity index (χ1n) is 8.73. The third kappa shape index (κ3) is 5.04. The maximum absolute atomic E-state index is 12.7. The van der Waals surface area contributed by atoms with E-state index in [1.807, 2.05) is 48.5 Å². The first-order valence-corrected chi connectivity index (χ1v) is 9.52. The number of halogens is 1. The number of allylic oxidation sites excluding steroid dienone is 1. The molecular weight excluding hydrogens is 422 g/mol. The number of fused-ring (bicyclic) bond motifs is 1. The SMILES string of the molecule is CCOC(=O)C=CC(=O)c1nc2cc(Br)ccc2cc1OCc1ccccc1. The molecule has 1 heterocycles. The summed E-state index contributed by atoms with van der Waals surface area (Å²) < 4.78 is 11.6. The van der Waals surface area contributed by atoms with Crippen LogP contribution < -0.4 is 4.74 Å². The largest absolute Gasteiger partial charge is 0.486 e. The number of hydrogen-bond acceptors (Lipinski definition) is 5. The van der Waals surface area contributed by atoms with Crippen LogP contribution in [0.15, 0.2) is 71.2 Å². The Labute approximate surface area is 171 Å². The molecule has 6 heteroatoms. The number of ketones is 1. The van der Waals surface area contributed by atoms with E-state index in [1.54, 1.807) is 13.0 Å². The van der Waals surface area contributed by atoms with Crippen molar-refractivity contribution in [2.45, 2.75) is 13.5 Å². The van der Waals surface area contributed by atoms with Crippen molar-refractivity contribution in [3.63, 3.8) is 0 Å². The second-order valence-electron chi connectivity index (χ2n) is 5.90. The fourth-order valence-corrected chi connectivity index (χ4v) is 2.90. The molecule has 0 saturated heterocycles. The van der Waals surface area contributed by atoms with Crippen molar-refractivity contribution < 1.29 is 19.1 Å². The smallest absolute Gasteiger partial charge is 0.330 e. The molecule has 0 aliphatic heterocycles. The van der Waals surface area contributed by atoms with Gasteiger partial charge in [0.05, 0.1) is 12.1 Å². The van der Waals surface area contributed by atoms with Crippen molar-refractivity contribution in [2.75, 3.05) is 6.61 Å². The number of carbonyl (C=O) groups excluding carboxylic acids is 2. The van der Waals surface area contributed by atoms with Gasteiger partial charge in [-0.3, -0.25) is 4.79 Å². The molecule has 28 heavy (non-hydrogen) atoms. The van der Waals surface area contributed by atoms with Gasteiger partial charge in [0.2, 0.25) is 5.78 Å². The van der Waals surface area contributed by atoms with E-state index in [-0.39, 0.29) is 12.3 Å². The third-order valence-corrected chi connectivity index (χ3v) is 4.37. The highest BCUT2D eigenvalue weighted by atomic mass is 79.9. The van der Waals surface area contributed by atoms with E-state index in [1.165, 1.54) is 0 Å². The van der Waals surface area contributed by atoms with Crippen molar-refractivity contribution in [3.8, 4) is 5.75 Å². The number of carbonyl (C=O) groups is 2. The predicted molar refractivity (Wildman–Crippen MR) is 110 cm³/mol. The summed E-state index contributed by atoms with van der Waals surface area (Å²) in [5, 5.41) is 0.845. The van der Waals surface area contributed by atoms with Gasteiger partial charge in [0.25, 0.3) is 0 Å². The van der Waals surface area contributed by atoms with Crippen molar-refractivity contribution in [2.24, 2.45) is 0 Å². The number of rotatable bonds is 7. The zero-order valence-corrected chi connectivity index (χ0v) is 16.8. The molecule has 0 aliphatic carbocycles. The predicted octanol–water partition coefficient (Wildman–Crippen LogP) is 4.88. The number of esters is 1. The molecule has 0 atom stereocenters. The summed E-state index contributed by atoms with van der Waals surface area (Å²) in [6.07, 6.45) is 2.25. The minimum absolute atomic E-state index is 0.141. The number of pyridine rings is 1. The van der Waals surface area contributed by atoms with Gasteiger partial charge in [-0.05, 0) is 36.8 Å². The molecule has 1 aromatic heterocycles. The first-order chi connectivity index (χ1) is 13.6. The van der Waals surface area contributed by atoms with E-state index in [4.69, 9.17) is 9.47 Å². The minimum Gasteiger partial charge on any atom is -0.486 e. The highest BCUT2D eigenvalue weighted by Crippen LogP contribution is 2.27. The second kappa shape index (κ2) is 9.28. The molecule has 3 rings (SSSR count). The number of aromatic nitrogens is 1. The van der Waals surface area contributed by atoms with E-state index in [9.17, 15) is 9.59 Å². The zero-order chi connectivity index (χ0) is 19.9. The molecule has 0 aliphatic rings. The van der Waals surface area contributed by atoms with Gasteiger partial charge in [0.1, 0.15) is 12.4 Å². The number of benzene rings is 2. The van der Waals surface area contributed by atoms with Crippen LogP contribution in [0.25, 0.3) is 10.9 Å². The Morgan fingerprint density at radius 1 is 1.07 bits per heavy atom. The van der Waals surface area contributed by atoms with Gasteiger partial charge in [-0.15, -0.1) is 0 Å². The van der Waals surface area contributed by atoms with Crippen LogP contribution in [0.1, 0.15) is 23.0 Å². The van der Waals surface area contributed by atoms with E-state index >= 15 is 0 Å². The van der Waals surface area contributed by atoms with Crippen LogP contribution in [-0.2, 0) is 16.1 Å². The zero-order valence-electron chi connectivity index (χ0n) is 15.2. The summed E-state index contributed by atoms with van der Waals surface area (Å²) in [6, 6.07) is 17.0. The molecule has 3 aromatic rings. The molecule has 0 radical (unpaired) electrons. The second-order valence-corrected chi connectivity index (χ2v) is 6.81. The fraction of sp³-hybridized carbons (Fsp3) is 0.136. The van der Waals surface area contributed by atoms with Gasteiger partial charge >= 0.3 is 5.97 Å². The molecule has 0 fully saturated rings. The van der Waals surface area contributed by atoms with Crippen LogP contribution in [0.5, 0.6) is 5.75 Å². The molecular formula is C22H18BrNO4. The summed E-state index contributed by atoms with van der Waals surface area (Å²) >= 11 is 3.41. The van der Waals surface area contributed by atoms with E-state index < -0.39 is 11.8 Å². The molecule has 142 valence electrons. The molecule has 5 nitrogen and oxygen atoms in total. The van der Waals surface area contributed by atoms with Crippen LogP contribution in [0, 0.1) is 0 Å². The molecule has 0 amide bonds. The Morgan fingerprint density at radius 2 is 1.86 bits per heavy atom. The Kier molecular flexibility index (Phi) is 6.55. The fourth-order valence-electron chi connectivity index (χ4n) is 2.56. The van der Waals surface area contributed by atoms with Crippen molar-refractivity contribution in [1.82, 2.24) is 4.98 Å². The highest BCUT2D eigenvalue weighted by molar-refractivity contribution is 9.10. The van der Waals surface area contributed by atoms with Crippen LogP contribution >= 0.6 is 15.9 Å². The standard InChI is InChI=1S/C22H18BrNO4/c1-2-27-21(26)11-10-19(25)22-20(28-14-15-6-4-3-5-7-15)12-16-8-9-17(23)13-18(16)24-22/h3-13H,2,14H2,1H3. The van der Waals surface area contributed by atoms with Crippen molar-refractivity contribution in [1.29, 1.82) is 0 Å². The molecule has 0 bridgehead atoms. The number of hydrogen-bond donors (Lipinski definition) is 0. The summed E-state index contributed by atoms with van der Waals surface area (Å²) in [5.74, 6) is -0.652. The minimum atomic E-state index is -0.578. The van der Waals surface area contributed by atoms with Crippen LogP contribution in [0.2, 0.25) is 0 Å². The Bertz CT molecular complexity index is 1030. The Balaban J connectivity index is 1.94. The van der Waals surface area contributed by atoms with Gasteiger partial charge in [-0.25, -0.2) is 9.78 Å². The number of nitrogens with zero attached hydrogens (tertiary/aromatic N) is 1. The van der Waals surface area contributed by atoms with E-state index in [0.717, 1.165) is 27.6 Å². The monoisotopic (exact) mass is 439 g/mol. The van der Waals surface area contributed by atoms with Gasteiger partial charge in [-0.2, -0.15) is 0 Å². The Hall–Kier alpha value is -2.99. The van der Waals surface area contributed by atoms with Gasteiger partial charge < -0.3 is 9.47 Å². The van der Waals surface area contributed by atoms with E-state index in [2.05, 4.69) is 20.9 Å².